The Labute approximate surface area is 121 Å². The smallest absolute Gasteiger partial charge is 0.226 e. The zero-order valence-corrected chi connectivity index (χ0v) is 12.7. The summed E-state index contributed by atoms with van der Waals surface area (Å²) in [5, 5.41) is 12.6. The zero-order chi connectivity index (χ0) is 15.2. The minimum absolute atomic E-state index is 0.107. The van der Waals surface area contributed by atoms with Crippen molar-refractivity contribution in [1.82, 2.24) is 5.32 Å². The molecule has 2 unspecified atom stereocenters. The molecule has 20 heavy (non-hydrogen) atoms. The molecule has 0 heterocycles. The molecule has 112 valence electrons. The third kappa shape index (κ3) is 5.61. The maximum atomic E-state index is 11.9. The lowest BCUT2D eigenvalue weighted by Gasteiger charge is -2.26. The first-order valence-electron chi connectivity index (χ1n) is 6.94. The summed E-state index contributed by atoms with van der Waals surface area (Å²) >= 11 is 0. The largest absolute Gasteiger partial charge is 0.493 e. The number of aliphatic hydroxyl groups excluding tert-OH is 1. The molecule has 0 bridgehead atoms. The summed E-state index contributed by atoms with van der Waals surface area (Å²) in [5.41, 5.74) is -0.239. The fraction of sp³-hybridized carbons (Fsp3) is 0.562. The molecule has 0 fully saturated rings. The molecule has 1 amide bonds. The number of carbonyl (C=O) groups is 1. The number of para-hydroxylation sites is 1. The lowest BCUT2D eigenvalue weighted by molar-refractivity contribution is -0.126. The van der Waals surface area contributed by atoms with Crippen LogP contribution in [0.25, 0.3) is 0 Å². The van der Waals surface area contributed by atoms with Crippen molar-refractivity contribution in [3.8, 4) is 5.75 Å². The molecule has 0 aromatic heterocycles. The highest BCUT2D eigenvalue weighted by Crippen LogP contribution is 2.18. The maximum Gasteiger partial charge on any atom is 0.226 e. The minimum atomic E-state index is -0.561. The number of amides is 1. The van der Waals surface area contributed by atoms with Crippen molar-refractivity contribution in [2.24, 2.45) is 11.3 Å². The number of benzene rings is 1. The Morgan fingerprint density at radius 3 is 2.45 bits per heavy atom. The zero-order valence-electron chi connectivity index (χ0n) is 12.7. The Hall–Kier alpha value is -1.55. The van der Waals surface area contributed by atoms with Crippen LogP contribution >= 0.6 is 0 Å². The van der Waals surface area contributed by atoms with Gasteiger partial charge in [-0.15, -0.1) is 0 Å². The fourth-order valence-electron chi connectivity index (χ4n) is 1.49. The summed E-state index contributed by atoms with van der Waals surface area (Å²) in [7, 11) is 0. The fourth-order valence-corrected chi connectivity index (χ4v) is 1.49. The van der Waals surface area contributed by atoms with Crippen LogP contribution in [0.2, 0.25) is 0 Å². The Kier molecular flexibility index (Phi) is 6.02. The van der Waals surface area contributed by atoms with Gasteiger partial charge in [0.05, 0.1) is 18.6 Å². The van der Waals surface area contributed by atoms with Gasteiger partial charge in [-0.25, -0.2) is 0 Å². The normalized spacial score (nSPS) is 14.4. The Balaban J connectivity index is 2.33. The van der Waals surface area contributed by atoms with Gasteiger partial charge in [-0.1, -0.05) is 45.9 Å². The van der Waals surface area contributed by atoms with Crippen LogP contribution < -0.4 is 10.1 Å². The van der Waals surface area contributed by atoms with Crippen molar-refractivity contribution in [1.29, 1.82) is 0 Å². The topological polar surface area (TPSA) is 58.6 Å². The Morgan fingerprint density at radius 2 is 1.90 bits per heavy atom. The summed E-state index contributed by atoms with van der Waals surface area (Å²) in [5.74, 6) is 0.383. The molecule has 0 aliphatic carbocycles. The van der Waals surface area contributed by atoms with Crippen LogP contribution in [0.15, 0.2) is 30.3 Å². The van der Waals surface area contributed by atoms with E-state index in [1.807, 2.05) is 58.0 Å². The second kappa shape index (κ2) is 7.29. The van der Waals surface area contributed by atoms with Gasteiger partial charge in [0.1, 0.15) is 5.75 Å². The van der Waals surface area contributed by atoms with E-state index in [2.05, 4.69) is 5.32 Å². The van der Waals surface area contributed by atoms with Gasteiger partial charge in [-0.05, 0) is 17.5 Å². The molecular formula is C16H25NO3. The van der Waals surface area contributed by atoms with Gasteiger partial charge in [-0.3, -0.25) is 4.79 Å². The summed E-state index contributed by atoms with van der Waals surface area (Å²) in [6, 6.07) is 9.40. The Morgan fingerprint density at radius 1 is 1.30 bits per heavy atom. The molecule has 0 aliphatic heterocycles. The van der Waals surface area contributed by atoms with Gasteiger partial charge >= 0.3 is 0 Å². The monoisotopic (exact) mass is 279 g/mol. The molecule has 0 saturated heterocycles. The number of hydrogen-bond donors (Lipinski definition) is 2. The van der Waals surface area contributed by atoms with Gasteiger partial charge < -0.3 is 15.2 Å². The molecule has 0 saturated carbocycles. The van der Waals surface area contributed by atoms with Crippen LogP contribution in [-0.2, 0) is 4.79 Å². The molecular weight excluding hydrogens is 254 g/mol. The van der Waals surface area contributed by atoms with E-state index in [0.717, 1.165) is 5.75 Å². The molecule has 2 N–H and O–H groups in total. The number of rotatable bonds is 6. The first kappa shape index (κ1) is 16.5. The molecule has 2 atom stereocenters. The quantitative estimate of drug-likeness (QED) is 0.839. The van der Waals surface area contributed by atoms with Crippen LogP contribution in [0, 0.1) is 11.3 Å². The molecule has 1 aromatic rings. The molecule has 1 aromatic carbocycles. The van der Waals surface area contributed by atoms with Gasteiger partial charge in [-0.2, -0.15) is 0 Å². The highest BCUT2D eigenvalue weighted by Gasteiger charge is 2.23. The predicted octanol–water partition coefficient (Wildman–Crippen LogP) is 2.22. The van der Waals surface area contributed by atoms with Crippen LogP contribution in [0.4, 0.5) is 0 Å². The first-order chi connectivity index (χ1) is 9.30. The second-order valence-electron chi connectivity index (χ2n) is 6.15. The van der Waals surface area contributed by atoms with E-state index in [-0.39, 0.29) is 23.8 Å². The SMILES string of the molecule is CC(COc1ccccc1)C(=O)NCC(O)C(C)(C)C. The van der Waals surface area contributed by atoms with E-state index in [1.165, 1.54) is 0 Å². The van der Waals surface area contributed by atoms with Gasteiger partial charge in [0, 0.05) is 6.54 Å². The first-order valence-corrected chi connectivity index (χ1v) is 6.94. The molecule has 0 radical (unpaired) electrons. The number of aliphatic hydroxyl groups is 1. The average Bonchev–Trinajstić information content (AvgIpc) is 2.41. The summed E-state index contributed by atoms with van der Waals surface area (Å²) < 4.78 is 5.54. The van der Waals surface area contributed by atoms with Crippen molar-refractivity contribution >= 4 is 5.91 Å². The van der Waals surface area contributed by atoms with Crippen molar-refractivity contribution in [2.45, 2.75) is 33.8 Å². The second-order valence-corrected chi connectivity index (χ2v) is 6.15. The van der Waals surface area contributed by atoms with Gasteiger partial charge in [0.25, 0.3) is 0 Å². The summed E-state index contributed by atoms with van der Waals surface area (Å²) in [6.45, 7) is 8.20. The van der Waals surface area contributed by atoms with E-state index in [9.17, 15) is 9.90 Å². The maximum absolute atomic E-state index is 11.9. The minimum Gasteiger partial charge on any atom is -0.493 e. The Bertz CT molecular complexity index is 411. The van der Waals surface area contributed by atoms with Crippen molar-refractivity contribution in [3.05, 3.63) is 30.3 Å². The van der Waals surface area contributed by atoms with E-state index in [0.29, 0.717) is 6.61 Å². The predicted molar refractivity (Wildman–Crippen MR) is 79.6 cm³/mol. The van der Waals surface area contributed by atoms with Crippen LogP contribution in [0.5, 0.6) is 5.75 Å². The number of carbonyl (C=O) groups excluding carboxylic acids is 1. The van der Waals surface area contributed by atoms with Crippen LogP contribution in [0.3, 0.4) is 0 Å². The molecule has 4 nitrogen and oxygen atoms in total. The standard InChI is InChI=1S/C16H25NO3/c1-12(11-20-13-8-6-5-7-9-13)15(19)17-10-14(18)16(2,3)4/h5-9,12,14,18H,10-11H2,1-4H3,(H,17,19). The number of nitrogens with one attached hydrogen (secondary N) is 1. The van der Waals surface area contributed by atoms with E-state index in [4.69, 9.17) is 4.74 Å². The van der Waals surface area contributed by atoms with Crippen molar-refractivity contribution < 1.29 is 14.6 Å². The lowest BCUT2D eigenvalue weighted by Crippen LogP contribution is -2.42. The summed E-state index contributed by atoms with van der Waals surface area (Å²) in [4.78, 5) is 11.9. The molecule has 0 aliphatic rings. The third-order valence-corrected chi connectivity index (χ3v) is 3.16. The van der Waals surface area contributed by atoms with Crippen LogP contribution in [0.1, 0.15) is 27.7 Å². The van der Waals surface area contributed by atoms with E-state index in [1.54, 1.807) is 0 Å². The van der Waals surface area contributed by atoms with Crippen molar-refractivity contribution in [2.75, 3.05) is 13.2 Å². The molecule has 1 rings (SSSR count). The summed E-state index contributed by atoms with van der Waals surface area (Å²) in [6.07, 6.45) is -0.561. The lowest BCUT2D eigenvalue weighted by atomic mass is 9.89. The number of ether oxygens (including phenoxy) is 1. The van der Waals surface area contributed by atoms with E-state index < -0.39 is 6.10 Å². The highest BCUT2D eigenvalue weighted by molar-refractivity contribution is 5.78. The number of hydrogen-bond acceptors (Lipinski definition) is 3. The van der Waals surface area contributed by atoms with Gasteiger partial charge in [0.2, 0.25) is 5.91 Å². The van der Waals surface area contributed by atoms with Crippen molar-refractivity contribution in [3.63, 3.8) is 0 Å². The van der Waals surface area contributed by atoms with Gasteiger partial charge in [0.15, 0.2) is 0 Å². The van der Waals surface area contributed by atoms with E-state index >= 15 is 0 Å². The molecule has 0 spiro atoms. The highest BCUT2D eigenvalue weighted by atomic mass is 16.5. The molecule has 4 heteroatoms. The average molecular weight is 279 g/mol. The third-order valence-electron chi connectivity index (χ3n) is 3.16. The van der Waals surface area contributed by atoms with Crippen LogP contribution in [-0.4, -0.2) is 30.3 Å².